The van der Waals surface area contributed by atoms with Crippen molar-refractivity contribution >= 4 is 5.91 Å². The van der Waals surface area contributed by atoms with Gasteiger partial charge in [0.2, 0.25) is 5.91 Å². The van der Waals surface area contributed by atoms with Crippen LogP contribution in [0.3, 0.4) is 0 Å². The lowest BCUT2D eigenvalue weighted by Gasteiger charge is -2.28. The second-order valence-corrected chi connectivity index (χ2v) is 10.3. The topological polar surface area (TPSA) is 82.8 Å². The summed E-state index contributed by atoms with van der Waals surface area (Å²) in [5.41, 5.74) is 4.60. The van der Waals surface area contributed by atoms with Crippen molar-refractivity contribution < 1.29 is 19.0 Å². The van der Waals surface area contributed by atoms with E-state index in [0.29, 0.717) is 32.8 Å². The maximum Gasteiger partial charge on any atom is 0.222 e. The average Bonchev–Trinajstić information content (AvgIpc) is 2.39. The van der Waals surface area contributed by atoms with Crippen molar-refractivity contribution in [1.29, 1.82) is 0 Å². The molecule has 0 spiro atoms. The summed E-state index contributed by atoms with van der Waals surface area (Å²) in [5, 5.41) is 2.90. The lowest BCUT2D eigenvalue weighted by Crippen LogP contribution is -2.39. The Morgan fingerprint density at radius 2 is 1.30 bits per heavy atom. The molecule has 0 aromatic heterocycles. The van der Waals surface area contributed by atoms with E-state index < -0.39 is 11.3 Å². The molecule has 0 saturated carbocycles. The molecule has 1 amide bonds. The van der Waals surface area contributed by atoms with E-state index in [0.717, 1.165) is 12.8 Å². The number of rotatable bonds is 13. The number of hydrogen-bond donors (Lipinski definition) is 2. The van der Waals surface area contributed by atoms with Crippen molar-refractivity contribution in [2.45, 2.75) is 98.5 Å². The van der Waals surface area contributed by atoms with Crippen LogP contribution < -0.4 is 11.1 Å². The van der Waals surface area contributed by atoms with Crippen LogP contribution in [0.25, 0.3) is 0 Å². The van der Waals surface area contributed by atoms with Gasteiger partial charge >= 0.3 is 0 Å². The summed E-state index contributed by atoms with van der Waals surface area (Å²) in [7, 11) is 0. The third kappa shape index (κ3) is 17.2. The Morgan fingerprint density at radius 3 is 1.81 bits per heavy atom. The molecule has 3 N–H and O–H groups in total. The van der Waals surface area contributed by atoms with Crippen molar-refractivity contribution in [3.63, 3.8) is 0 Å². The van der Waals surface area contributed by atoms with E-state index in [9.17, 15) is 4.79 Å². The van der Waals surface area contributed by atoms with Crippen LogP contribution in [0.4, 0.5) is 0 Å². The monoisotopic (exact) mass is 388 g/mol. The molecule has 0 aliphatic heterocycles. The van der Waals surface area contributed by atoms with Crippen molar-refractivity contribution in [2.75, 3.05) is 26.4 Å². The zero-order valence-electron chi connectivity index (χ0n) is 19.2. The van der Waals surface area contributed by atoms with Crippen molar-refractivity contribution in [3.05, 3.63) is 0 Å². The molecule has 0 atom stereocenters. The first-order valence-electron chi connectivity index (χ1n) is 9.99. The first-order chi connectivity index (χ1) is 12.0. The Balaban J connectivity index is 4.01. The molecule has 27 heavy (non-hydrogen) atoms. The Kier molecular flexibility index (Phi) is 10.5. The van der Waals surface area contributed by atoms with Gasteiger partial charge in [-0.25, -0.2) is 0 Å². The van der Waals surface area contributed by atoms with Crippen molar-refractivity contribution in [1.82, 2.24) is 5.32 Å². The van der Waals surface area contributed by atoms with Gasteiger partial charge in [0, 0.05) is 13.2 Å². The van der Waals surface area contributed by atoms with Gasteiger partial charge in [0.25, 0.3) is 0 Å². The van der Waals surface area contributed by atoms with Crippen molar-refractivity contribution in [2.24, 2.45) is 11.1 Å². The Hall–Kier alpha value is -0.690. The molecular formula is C21H44N2O4. The summed E-state index contributed by atoms with van der Waals surface area (Å²) in [5.74, 6) is -0.0228. The fraction of sp³-hybridized carbons (Fsp3) is 0.952. The Morgan fingerprint density at radius 1 is 0.778 bits per heavy atom. The number of ether oxygens (including phenoxy) is 3. The maximum atomic E-state index is 12.1. The molecule has 6 heteroatoms. The van der Waals surface area contributed by atoms with Gasteiger partial charge in [-0.15, -0.1) is 0 Å². The zero-order valence-corrected chi connectivity index (χ0v) is 19.2. The second-order valence-electron chi connectivity index (χ2n) is 10.3. The third-order valence-electron chi connectivity index (χ3n) is 4.03. The molecule has 0 heterocycles. The fourth-order valence-electron chi connectivity index (χ4n) is 2.28. The summed E-state index contributed by atoms with van der Waals surface area (Å²) in [6, 6.07) is 0. The average molecular weight is 389 g/mol. The second kappa shape index (κ2) is 10.7. The van der Waals surface area contributed by atoms with Crippen LogP contribution in [0.2, 0.25) is 0 Å². The number of nitrogens with two attached hydrogens (primary N) is 1. The van der Waals surface area contributed by atoms with Crippen LogP contribution in [0, 0.1) is 5.41 Å². The van der Waals surface area contributed by atoms with Crippen molar-refractivity contribution in [3.8, 4) is 0 Å². The lowest BCUT2D eigenvalue weighted by molar-refractivity contribution is -0.128. The first kappa shape index (κ1) is 26.3. The summed E-state index contributed by atoms with van der Waals surface area (Å²) in [6.45, 7) is 20.2. The molecule has 0 unspecified atom stereocenters. The first-order valence-corrected chi connectivity index (χ1v) is 9.99. The molecule has 0 aliphatic rings. The molecule has 0 aromatic rings. The molecule has 0 rings (SSSR count). The number of hydrogen-bond acceptors (Lipinski definition) is 5. The minimum Gasteiger partial charge on any atom is -0.375 e. The number of carbonyl (C=O) groups excluding carboxylic acids is 1. The highest BCUT2D eigenvalue weighted by Gasteiger charge is 2.24. The summed E-state index contributed by atoms with van der Waals surface area (Å²) in [4.78, 5) is 12.1. The van der Waals surface area contributed by atoms with E-state index in [4.69, 9.17) is 19.9 Å². The minimum absolute atomic E-state index is 0.0228. The largest absolute Gasteiger partial charge is 0.375 e. The Bertz CT molecular complexity index is 434. The van der Waals surface area contributed by atoms with Gasteiger partial charge in [-0.1, -0.05) is 20.8 Å². The summed E-state index contributed by atoms with van der Waals surface area (Å²) < 4.78 is 17.3. The minimum atomic E-state index is -0.633. The van der Waals surface area contributed by atoms with Crippen LogP contribution in [0.5, 0.6) is 0 Å². The SMILES string of the molecule is CC(C)(C)CCOC(C)(C)CC(=O)NCCOC(C)(C)CCOC(C)(C)N. The van der Waals surface area contributed by atoms with Crippen LogP contribution in [-0.4, -0.2) is 49.2 Å². The van der Waals surface area contributed by atoms with Gasteiger partial charge in [0.05, 0.1) is 30.8 Å². The number of carbonyl (C=O) groups is 1. The van der Waals surface area contributed by atoms with Gasteiger partial charge in [-0.05, 0) is 59.8 Å². The van der Waals surface area contributed by atoms with Crippen LogP contribution in [0.15, 0.2) is 0 Å². The van der Waals surface area contributed by atoms with E-state index >= 15 is 0 Å². The standard InChI is InChI=1S/C21H44N2O4/c1-18(2,3)10-13-25-20(6,7)16-17(24)23-12-15-26-19(4,5)11-14-27-21(8,9)22/h10-16,22H2,1-9H3,(H,23,24). The zero-order chi connectivity index (χ0) is 21.4. The van der Waals surface area contributed by atoms with Gasteiger partial charge in [-0.2, -0.15) is 0 Å². The molecular weight excluding hydrogens is 344 g/mol. The highest BCUT2D eigenvalue weighted by atomic mass is 16.5. The predicted octanol–water partition coefficient (Wildman–Crippen LogP) is 3.62. The van der Waals surface area contributed by atoms with Crippen LogP contribution in [-0.2, 0) is 19.0 Å². The normalized spacial score (nSPS) is 13.7. The van der Waals surface area contributed by atoms with Crippen LogP contribution in [0.1, 0.15) is 81.6 Å². The molecule has 0 saturated heterocycles. The van der Waals surface area contributed by atoms with Crippen LogP contribution >= 0.6 is 0 Å². The highest BCUT2D eigenvalue weighted by molar-refractivity contribution is 5.76. The molecule has 0 aliphatic carbocycles. The van der Waals surface area contributed by atoms with E-state index in [1.54, 1.807) is 0 Å². The summed E-state index contributed by atoms with van der Waals surface area (Å²) in [6.07, 6.45) is 2.03. The molecule has 0 aromatic carbocycles. The van der Waals surface area contributed by atoms with E-state index in [1.807, 2.05) is 41.5 Å². The fourth-order valence-corrected chi connectivity index (χ4v) is 2.28. The molecule has 162 valence electrons. The van der Waals surface area contributed by atoms with Gasteiger partial charge in [0.15, 0.2) is 0 Å². The Labute approximate surface area is 166 Å². The van der Waals surface area contributed by atoms with E-state index in [-0.39, 0.29) is 16.9 Å². The van der Waals surface area contributed by atoms with E-state index in [1.165, 1.54) is 0 Å². The van der Waals surface area contributed by atoms with Gasteiger partial charge in [-0.3, -0.25) is 4.79 Å². The van der Waals surface area contributed by atoms with E-state index in [2.05, 4.69) is 26.1 Å². The smallest absolute Gasteiger partial charge is 0.222 e. The summed E-state index contributed by atoms with van der Waals surface area (Å²) >= 11 is 0. The molecule has 0 bridgehead atoms. The maximum absolute atomic E-state index is 12.1. The van der Waals surface area contributed by atoms with Gasteiger partial charge < -0.3 is 25.3 Å². The number of nitrogens with one attached hydrogen (secondary N) is 1. The molecule has 0 fully saturated rings. The number of amides is 1. The highest BCUT2D eigenvalue weighted by Crippen LogP contribution is 2.21. The predicted molar refractivity (Wildman–Crippen MR) is 111 cm³/mol. The molecule has 6 nitrogen and oxygen atoms in total. The molecule has 0 radical (unpaired) electrons. The third-order valence-corrected chi connectivity index (χ3v) is 4.03. The quantitative estimate of drug-likeness (QED) is 0.372. The van der Waals surface area contributed by atoms with Gasteiger partial charge in [0.1, 0.15) is 5.72 Å². The lowest BCUT2D eigenvalue weighted by atomic mass is 9.93.